The first-order valence-electron chi connectivity index (χ1n) is 8.18. The quantitative estimate of drug-likeness (QED) is 0.714. The maximum Gasteiger partial charge on any atom is 0.270 e. The van der Waals surface area contributed by atoms with Gasteiger partial charge in [-0.3, -0.25) is 4.79 Å². The minimum Gasteiger partial charge on any atom is -0.346 e. The van der Waals surface area contributed by atoms with E-state index in [0.29, 0.717) is 27.7 Å². The van der Waals surface area contributed by atoms with Gasteiger partial charge in [-0.15, -0.1) is 0 Å². The van der Waals surface area contributed by atoms with E-state index in [9.17, 15) is 9.18 Å². The van der Waals surface area contributed by atoms with Crippen molar-refractivity contribution in [2.24, 2.45) is 0 Å². The molecule has 1 heterocycles. The third-order valence-electron chi connectivity index (χ3n) is 3.65. The summed E-state index contributed by atoms with van der Waals surface area (Å²) in [6, 6.07) is 14.9. The Kier molecular flexibility index (Phi) is 4.83. The molecule has 3 rings (SSSR count). The van der Waals surface area contributed by atoms with Gasteiger partial charge in [0.15, 0.2) is 0 Å². The Bertz CT molecular complexity index is 942. The second kappa shape index (κ2) is 6.92. The van der Waals surface area contributed by atoms with E-state index in [2.05, 4.69) is 10.4 Å². The normalized spacial score (nSPS) is 11.4. The van der Waals surface area contributed by atoms with E-state index in [4.69, 9.17) is 11.6 Å². The third-order valence-corrected chi connectivity index (χ3v) is 3.90. The van der Waals surface area contributed by atoms with Gasteiger partial charge in [0.1, 0.15) is 11.5 Å². The first-order chi connectivity index (χ1) is 12.2. The van der Waals surface area contributed by atoms with E-state index in [1.165, 1.54) is 10.7 Å². The summed E-state index contributed by atoms with van der Waals surface area (Å²) in [4.78, 5) is 12.8. The van der Waals surface area contributed by atoms with E-state index >= 15 is 0 Å². The number of benzene rings is 2. The highest BCUT2D eigenvalue weighted by Crippen LogP contribution is 2.25. The fourth-order valence-corrected chi connectivity index (χ4v) is 2.65. The summed E-state index contributed by atoms with van der Waals surface area (Å²) in [6.45, 7) is 5.68. The zero-order valence-corrected chi connectivity index (χ0v) is 15.5. The summed E-state index contributed by atoms with van der Waals surface area (Å²) < 4.78 is 15.7. The highest BCUT2D eigenvalue weighted by Gasteiger charge is 2.22. The summed E-state index contributed by atoms with van der Waals surface area (Å²) in [5, 5.41) is 7.96. The second-order valence-electron chi connectivity index (χ2n) is 6.99. The monoisotopic (exact) mass is 371 g/mol. The Morgan fingerprint density at radius 1 is 1.12 bits per heavy atom. The number of carbonyl (C=O) groups excluding carboxylic acids is 1. The molecule has 0 bridgehead atoms. The summed E-state index contributed by atoms with van der Waals surface area (Å²) in [7, 11) is 0. The van der Waals surface area contributed by atoms with Crippen LogP contribution in [-0.4, -0.2) is 21.2 Å². The van der Waals surface area contributed by atoms with E-state index < -0.39 is 11.4 Å². The molecule has 1 aromatic heterocycles. The van der Waals surface area contributed by atoms with Crippen molar-refractivity contribution in [2.45, 2.75) is 26.3 Å². The number of rotatable bonds is 3. The standard InChI is InChI=1S/C20H19ClFN3O/c1-20(2,3)23-19(26)18-12-17(15-6-4-5-7-16(15)22)24-25(18)14-10-8-13(21)9-11-14/h4-12H,1-3H3,(H,23,26). The van der Waals surface area contributed by atoms with Crippen molar-refractivity contribution in [3.05, 3.63) is 71.1 Å². The summed E-state index contributed by atoms with van der Waals surface area (Å²) in [5.41, 5.74) is 1.29. The molecule has 6 heteroatoms. The van der Waals surface area contributed by atoms with Crippen molar-refractivity contribution in [1.29, 1.82) is 0 Å². The van der Waals surface area contributed by atoms with Crippen LogP contribution in [0.3, 0.4) is 0 Å². The number of nitrogens with one attached hydrogen (secondary N) is 1. The van der Waals surface area contributed by atoms with Crippen LogP contribution < -0.4 is 5.32 Å². The van der Waals surface area contributed by atoms with E-state index in [0.717, 1.165) is 0 Å². The predicted octanol–water partition coefficient (Wildman–Crippen LogP) is 4.86. The smallest absolute Gasteiger partial charge is 0.270 e. The molecule has 1 amide bonds. The zero-order valence-electron chi connectivity index (χ0n) is 14.8. The van der Waals surface area contributed by atoms with E-state index in [-0.39, 0.29) is 5.91 Å². The van der Waals surface area contributed by atoms with Crippen LogP contribution in [0.25, 0.3) is 16.9 Å². The molecular weight excluding hydrogens is 353 g/mol. The molecule has 0 fully saturated rings. The van der Waals surface area contributed by atoms with Crippen LogP contribution in [0.2, 0.25) is 5.02 Å². The van der Waals surface area contributed by atoms with Gasteiger partial charge in [0.05, 0.1) is 11.4 Å². The zero-order chi connectivity index (χ0) is 18.9. The van der Waals surface area contributed by atoms with Gasteiger partial charge in [0.25, 0.3) is 5.91 Å². The van der Waals surface area contributed by atoms with Gasteiger partial charge in [-0.05, 0) is 63.2 Å². The Morgan fingerprint density at radius 3 is 2.38 bits per heavy atom. The van der Waals surface area contributed by atoms with Crippen LogP contribution >= 0.6 is 11.6 Å². The molecule has 0 saturated heterocycles. The van der Waals surface area contributed by atoms with Gasteiger partial charge < -0.3 is 5.32 Å². The van der Waals surface area contributed by atoms with Gasteiger partial charge in [0, 0.05) is 16.1 Å². The fraction of sp³-hybridized carbons (Fsp3) is 0.200. The van der Waals surface area contributed by atoms with Crippen molar-refractivity contribution >= 4 is 17.5 Å². The van der Waals surface area contributed by atoms with Crippen molar-refractivity contribution in [3.8, 4) is 16.9 Å². The minimum atomic E-state index is -0.412. The highest BCUT2D eigenvalue weighted by atomic mass is 35.5. The lowest BCUT2D eigenvalue weighted by atomic mass is 10.1. The molecule has 0 unspecified atom stereocenters. The molecule has 0 radical (unpaired) electrons. The third kappa shape index (κ3) is 3.94. The SMILES string of the molecule is CC(C)(C)NC(=O)c1cc(-c2ccccc2F)nn1-c1ccc(Cl)cc1. The van der Waals surface area contributed by atoms with Gasteiger partial charge in [-0.25, -0.2) is 9.07 Å². The predicted molar refractivity (Wildman–Crippen MR) is 101 cm³/mol. The molecule has 3 aromatic rings. The summed E-state index contributed by atoms with van der Waals surface area (Å²) >= 11 is 5.95. The summed E-state index contributed by atoms with van der Waals surface area (Å²) in [5.74, 6) is -0.682. The van der Waals surface area contributed by atoms with Crippen LogP contribution in [0, 0.1) is 5.82 Å². The Labute approximate surface area is 156 Å². The van der Waals surface area contributed by atoms with E-state index in [1.54, 1.807) is 48.5 Å². The average molecular weight is 372 g/mol. The summed E-state index contributed by atoms with van der Waals surface area (Å²) in [6.07, 6.45) is 0. The van der Waals surface area contributed by atoms with Crippen LogP contribution in [0.4, 0.5) is 4.39 Å². The minimum absolute atomic E-state index is 0.289. The maximum absolute atomic E-state index is 14.2. The van der Waals surface area contributed by atoms with E-state index in [1.807, 2.05) is 20.8 Å². The number of nitrogens with zero attached hydrogens (tertiary/aromatic N) is 2. The molecule has 0 atom stereocenters. The molecule has 0 spiro atoms. The Morgan fingerprint density at radius 2 is 1.77 bits per heavy atom. The van der Waals surface area contributed by atoms with Crippen LogP contribution in [0.5, 0.6) is 0 Å². The van der Waals surface area contributed by atoms with Crippen LogP contribution in [0.1, 0.15) is 31.3 Å². The Balaban J connectivity index is 2.13. The Hall–Kier alpha value is -2.66. The number of amides is 1. The lowest BCUT2D eigenvalue weighted by molar-refractivity contribution is 0.0911. The topological polar surface area (TPSA) is 46.9 Å². The molecular formula is C20H19ClFN3O. The number of hydrogen-bond acceptors (Lipinski definition) is 2. The second-order valence-corrected chi connectivity index (χ2v) is 7.42. The van der Waals surface area contributed by atoms with Gasteiger partial charge in [0.2, 0.25) is 0 Å². The van der Waals surface area contributed by atoms with Crippen molar-refractivity contribution in [3.63, 3.8) is 0 Å². The highest BCUT2D eigenvalue weighted by molar-refractivity contribution is 6.30. The maximum atomic E-state index is 14.2. The molecule has 26 heavy (non-hydrogen) atoms. The van der Waals surface area contributed by atoms with Crippen LogP contribution in [-0.2, 0) is 0 Å². The first kappa shape index (κ1) is 18.1. The molecule has 4 nitrogen and oxygen atoms in total. The lowest BCUT2D eigenvalue weighted by Gasteiger charge is -2.20. The molecule has 1 N–H and O–H groups in total. The largest absolute Gasteiger partial charge is 0.346 e. The van der Waals surface area contributed by atoms with Gasteiger partial charge in [-0.1, -0.05) is 23.7 Å². The van der Waals surface area contributed by atoms with Gasteiger partial charge in [-0.2, -0.15) is 5.10 Å². The number of carbonyl (C=O) groups is 1. The van der Waals surface area contributed by atoms with Crippen molar-refractivity contribution in [1.82, 2.24) is 15.1 Å². The molecule has 0 aliphatic heterocycles. The molecule has 0 aliphatic carbocycles. The number of aromatic nitrogens is 2. The van der Waals surface area contributed by atoms with Gasteiger partial charge >= 0.3 is 0 Å². The molecule has 0 aliphatic rings. The lowest BCUT2D eigenvalue weighted by Crippen LogP contribution is -2.41. The van der Waals surface area contributed by atoms with Crippen molar-refractivity contribution < 1.29 is 9.18 Å². The average Bonchev–Trinajstić information content (AvgIpc) is 2.99. The van der Waals surface area contributed by atoms with Crippen molar-refractivity contribution in [2.75, 3.05) is 0 Å². The van der Waals surface area contributed by atoms with Crippen LogP contribution in [0.15, 0.2) is 54.6 Å². The molecule has 134 valence electrons. The number of halogens is 2. The molecule has 0 saturated carbocycles. The number of hydrogen-bond donors (Lipinski definition) is 1. The molecule has 2 aromatic carbocycles. The fourth-order valence-electron chi connectivity index (χ4n) is 2.53. The first-order valence-corrected chi connectivity index (χ1v) is 8.56.